The minimum Gasteiger partial charge on any atom is -0.454 e. The van der Waals surface area contributed by atoms with Gasteiger partial charge in [0, 0.05) is 22.5 Å². The molecule has 4 rings (SSSR count). The molecule has 2 N–H and O–H groups in total. The van der Waals surface area contributed by atoms with Crippen molar-refractivity contribution >= 4 is 23.2 Å². The number of nitrogens with one attached hydrogen (secondary N) is 2. The molecule has 26 heavy (non-hydrogen) atoms. The van der Waals surface area contributed by atoms with Gasteiger partial charge >= 0.3 is 0 Å². The summed E-state index contributed by atoms with van der Waals surface area (Å²) < 4.78 is 10.5. The van der Waals surface area contributed by atoms with Gasteiger partial charge in [0.15, 0.2) is 11.5 Å². The van der Waals surface area contributed by atoms with Crippen LogP contribution in [0.2, 0.25) is 5.02 Å². The van der Waals surface area contributed by atoms with E-state index in [0.717, 1.165) is 5.56 Å². The number of carbonyl (C=O) groups excluding carboxylic acids is 1. The molecular formula is C19H13ClN2O4. The summed E-state index contributed by atoms with van der Waals surface area (Å²) in [6.07, 6.45) is 0. The molecule has 3 aromatic rings. The molecular weight excluding hydrogens is 356 g/mol. The number of aromatic amines is 1. The maximum atomic E-state index is 12.4. The van der Waals surface area contributed by atoms with Crippen LogP contribution in [0.3, 0.4) is 0 Å². The Kier molecular flexibility index (Phi) is 4.10. The largest absolute Gasteiger partial charge is 0.454 e. The summed E-state index contributed by atoms with van der Waals surface area (Å²) >= 11 is 5.87. The lowest BCUT2D eigenvalue weighted by molar-refractivity contribution is 0.102. The first kappa shape index (κ1) is 16.2. The molecule has 0 spiro atoms. The Labute approximate surface area is 153 Å². The van der Waals surface area contributed by atoms with Crippen molar-refractivity contribution in [3.8, 4) is 22.8 Å². The molecule has 0 saturated heterocycles. The lowest BCUT2D eigenvalue weighted by atomic mass is 10.1. The number of aromatic nitrogens is 1. The number of halogens is 1. The molecule has 0 fully saturated rings. The van der Waals surface area contributed by atoms with Crippen LogP contribution in [-0.4, -0.2) is 17.7 Å². The summed E-state index contributed by atoms with van der Waals surface area (Å²) in [5.41, 5.74) is 1.46. The number of ether oxygens (including phenoxy) is 2. The molecule has 0 bridgehead atoms. The van der Waals surface area contributed by atoms with Crippen molar-refractivity contribution in [1.29, 1.82) is 0 Å². The first-order chi connectivity index (χ1) is 12.6. The van der Waals surface area contributed by atoms with E-state index in [1.165, 1.54) is 6.07 Å². The average molecular weight is 369 g/mol. The highest BCUT2D eigenvalue weighted by Gasteiger charge is 2.16. The summed E-state index contributed by atoms with van der Waals surface area (Å²) in [5.74, 6) is 0.663. The predicted molar refractivity (Wildman–Crippen MR) is 98.0 cm³/mol. The molecule has 6 nitrogen and oxygen atoms in total. The fourth-order valence-corrected chi connectivity index (χ4v) is 2.75. The van der Waals surface area contributed by atoms with Gasteiger partial charge in [-0.3, -0.25) is 9.59 Å². The Hall–Kier alpha value is -3.25. The second-order valence-electron chi connectivity index (χ2n) is 5.64. The molecule has 1 aliphatic heterocycles. The third-order valence-corrected chi connectivity index (χ3v) is 4.19. The lowest BCUT2D eigenvalue weighted by Gasteiger charge is -2.07. The van der Waals surface area contributed by atoms with Gasteiger partial charge in [-0.05, 0) is 42.0 Å². The van der Waals surface area contributed by atoms with Crippen molar-refractivity contribution in [3.63, 3.8) is 0 Å². The van der Waals surface area contributed by atoms with Gasteiger partial charge in [0.25, 0.3) is 11.5 Å². The van der Waals surface area contributed by atoms with E-state index in [-0.39, 0.29) is 12.4 Å². The Morgan fingerprint density at radius 2 is 1.77 bits per heavy atom. The fourth-order valence-electron chi connectivity index (χ4n) is 2.62. The molecule has 7 heteroatoms. The fraction of sp³-hybridized carbons (Fsp3) is 0.0526. The Morgan fingerprint density at radius 3 is 2.54 bits per heavy atom. The van der Waals surface area contributed by atoms with E-state index in [1.807, 2.05) is 0 Å². The summed E-state index contributed by atoms with van der Waals surface area (Å²) in [7, 11) is 0. The molecule has 0 unspecified atom stereocenters. The van der Waals surface area contributed by atoms with Crippen LogP contribution in [0, 0.1) is 0 Å². The molecule has 1 aliphatic rings. The zero-order valence-electron chi connectivity index (χ0n) is 13.4. The van der Waals surface area contributed by atoms with Crippen molar-refractivity contribution in [1.82, 2.24) is 4.98 Å². The van der Waals surface area contributed by atoms with Gasteiger partial charge < -0.3 is 19.8 Å². The van der Waals surface area contributed by atoms with E-state index < -0.39 is 11.5 Å². The highest BCUT2D eigenvalue weighted by atomic mass is 35.5. The number of pyridine rings is 1. The van der Waals surface area contributed by atoms with Crippen LogP contribution in [0.1, 0.15) is 10.4 Å². The number of hydrogen-bond donors (Lipinski definition) is 2. The molecule has 2 heterocycles. The molecule has 0 radical (unpaired) electrons. The number of anilines is 1. The monoisotopic (exact) mass is 368 g/mol. The van der Waals surface area contributed by atoms with Gasteiger partial charge in [-0.15, -0.1) is 0 Å². The molecule has 130 valence electrons. The minimum atomic E-state index is -0.507. The molecule has 0 aliphatic carbocycles. The molecule has 1 amide bonds. The smallest absolute Gasteiger partial charge is 0.261 e. The van der Waals surface area contributed by atoms with Crippen molar-refractivity contribution in [2.24, 2.45) is 0 Å². The zero-order valence-corrected chi connectivity index (χ0v) is 14.2. The quantitative estimate of drug-likeness (QED) is 0.739. The van der Waals surface area contributed by atoms with Crippen LogP contribution in [0.25, 0.3) is 11.3 Å². The maximum absolute atomic E-state index is 12.4. The first-order valence-corrected chi connectivity index (χ1v) is 8.18. The van der Waals surface area contributed by atoms with Crippen LogP contribution in [-0.2, 0) is 0 Å². The van der Waals surface area contributed by atoms with Gasteiger partial charge in [0.1, 0.15) is 5.56 Å². The first-order valence-electron chi connectivity index (χ1n) is 7.80. The second-order valence-corrected chi connectivity index (χ2v) is 6.08. The number of rotatable bonds is 3. The number of benzene rings is 2. The highest BCUT2D eigenvalue weighted by Crippen LogP contribution is 2.34. The Morgan fingerprint density at radius 1 is 1.00 bits per heavy atom. The number of hydrogen-bond acceptors (Lipinski definition) is 4. The third-order valence-electron chi connectivity index (χ3n) is 3.94. The number of amides is 1. The SMILES string of the molecule is O=C(Nc1ccc2c(c1)OCO2)c1ccc(-c2ccc(Cl)cc2)[nH]c1=O. The van der Waals surface area contributed by atoms with Crippen LogP contribution >= 0.6 is 11.6 Å². The molecule has 0 atom stereocenters. The van der Waals surface area contributed by atoms with E-state index in [4.69, 9.17) is 21.1 Å². The van der Waals surface area contributed by atoms with Crippen molar-refractivity contribution < 1.29 is 14.3 Å². The minimum absolute atomic E-state index is 0.0142. The normalized spacial score (nSPS) is 12.0. The topological polar surface area (TPSA) is 80.4 Å². The summed E-state index contributed by atoms with van der Waals surface area (Å²) in [6, 6.07) is 15.2. The summed E-state index contributed by atoms with van der Waals surface area (Å²) in [4.78, 5) is 27.4. The van der Waals surface area contributed by atoms with Crippen molar-refractivity contribution in [2.45, 2.75) is 0 Å². The summed E-state index contributed by atoms with van der Waals surface area (Å²) in [6.45, 7) is 0.151. The van der Waals surface area contributed by atoms with Gasteiger partial charge in [-0.25, -0.2) is 0 Å². The van der Waals surface area contributed by atoms with Crippen molar-refractivity contribution in [3.05, 3.63) is 75.5 Å². The van der Waals surface area contributed by atoms with Crippen LogP contribution in [0.4, 0.5) is 5.69 Å². The van der Waals surface area contributed by atoms with E-state index in [0.29, 0.717) is 27.9 Å². The van der Waals surface area contributed by atoms with Crippen LogP contribution in [0.5, 0.6) is 11.5 Å². The third kappa shape index (κ3) is 3.14. The van der Waals surface area contributed by atoms with Crippen LogP contribution < -0.4 is 20.3 Å². The molecule has 1 aromatic heterocycles. The van der Waals surface area contributed by atoms with E-state index >= 15 is 0 Å². The average Bonchev–Trinajstić information content (AvgIpc) is 3.10. The standard InChI is InChI=1S/C19H13ClN2O4/c20-12-3-1-11(2-4-12)15-7-6-14(19(24)22-15)18(23)21-13-5-8-16-17(9-13)26-10-25-16/h1-9H,10H2,(H,21,23)(H,22,24). The lowest BCUT2D eigenvalue weighted by Crippen LogP contribution is -2.23. The van der Waals surface area contributed by atoms with Crippen LogP contribution in [0.15, 0.2) is 59.4 Å². The maximum Gasteiger partial charge on any atom is 0.261 e. The molecule has 0 saturated carbocycles. The highest BCUT2D eigenvalue weighted by molar-refractivity contribution is 6.30. The second kappa shape index (κ2) is 6.57. The number of fused-ring (bicyclic) bond motifs is 1. The number of H-pyrrole nitrogens is 1. The zero-order chi connectivity index (χ0) is 18.1. The Balaban J connectivity index is 1.56. The number of carbonyl (C=O) groups is 1. The van der Waals surface area contributed by atoms with Gasteiger partial charge in [-0.2, -0.15) is 0 Å². The Bertz CT molecular complexity index is 1040. The van der Waals surface area contributed by atoms with Gasteiger partial charge in [0.2, 0.25) is 6.79 Å². The van der Waals surface area contributed by atoms with Crippen molar-refractivity contribution in [2.75, 3.05) is 12.1 Å². The predicted octanol–water partition coefficient (Wildman–Crippen LogP) is 3.68. The van der Waals surface area contributed by atoms with E-state index in [2.05, 4.69) is 10.3 Å². The molecule has 2 aromatic carbocycles. The van der Waals surface area contributed by atoms with Gasteiger partial charge in [-0.1, -0.05) is 23.7 Å². The van der Waals surface area contributed by atoms with E-state index in [9.17, 15) is 9.59 Å². The van der Waals surface area contributed by atoms with Gasteiger partial charge in [0.05, 0.1) is 0 Å². The summed E-state index contributed by atoms with van der Waals surface area (Å²) in [5, 5.41) is 3.29. The van der Waals surface area contributed by atoms with E-state index in [1.54, 1.807) is 48.5 Å².